The topological polar surface area (TPSA) is 63.8 Å². The van der Waals surface area contributed by atoms with Crippen LogP contribution in [-0.4, -0.2) is 9.97 Å². The summed E-state index contributed by atoms with van der Waals surface area (Å²) >= 11 is 5.22. The third-order valence-corrected chi connectivity index (χ3v) is 4.79. The van der Waals surface area contributed by atoms with Gasteiger partial charge in [0.05, 0.1) is 5.75 Å². The molecule has 6 heteroatoms. The lowest BCUT2D eigenvalue weighted by Gasteiger charge is -2.09. The summed E-state index contributed by atoms with van der Waals surface area (Å²) in [5.41, 5.74) is 4.55. The second-order valence-electron chi connectivity index (χ2n) is 4.06. The summed E-state index contributed by atoms with van der Waals surface area (Å²) < 4.78 is 1.08. The Morgan fingerprint density at radius 1 is 1.26 bits per heavy atom. The van der Waals surface area contributed by atoms with E-state index in [4.69, 9.17) is 5.84 Å². The second-order valence-corrected chi connectivity index (χ2v) is 5.93. The van der Waals surface area contributed by atoms with Crippen LogP contribution in [0.1, 0.15) is 17.1 Å². The molecule has 0 bridgehead atoms. The summed E-state index contributed by atoms with van der Waals surface area (Å²) in [6, 6.07) is 8.10. The van der Waals surface area contributed by atoms with Crippen LogP contribution in [0.15, 0.2) is 33.6 Å². The number of nitrogens with one attached hydrogen (secondary N) is 1. The number of anilines is 1. The Morgan fingerprint density at radius 2 is 2.00 bits per heavy atom. The van der Waals surface area contributed by atoms with E-state index in [1.165, 1.54) is 4.90 Å². The van der Waals surface area contributed by atoms with Gasteiger partial charge in [-0.05, 0) is 41.9 Å². The lowest BCUT2D eigenvalue weighted by atomic mass is 10.2. The maximum Gasteiger partial charge on any atom is 0.146 e. The number of thioether (sulfide) groups is 1. The Hall–Kier alpha value is -1.11. The normalized spacial score (nSPS) is 10.5. The molecule has 4 nitrogen and oxygen atoms in total. The zero-order valence-corrected chi connectivity index (χ0v) is 13.2. The monoisotopic (exact) mass is 338 g/mol. The van der Waals surface area contributed by atoms with Gasteiger partial charge in [0.1, 0.15) is 11.6 Å². The first-order valence-corrected chi connectivity index (χ1v) is 7.57. The number of aryl methyl sites for hydroxylation is 1. The summed E-state index contributed by atoms with van der Waals surface area (Å²) in [5.74, 6) is 7.64. The molecule has 1 heterocycles. The summed E-state index contributed by atoms with van der Waals surface area (Å²) in [7, 11) is 0. The molecule has 0 amide bonds. The van der Waals surface area contributed by atoms with Crippen LogP contribution in [0.3, 0.4) is 0 Å². The summed E-state index contributed by atoms with van der Waals surface area (Å²) in [6.45, 7) is 3.92. The molecule has 2 rings (SSSR count). The van der Waals surface area contributed by atoms with E-state index >= 15 is 0 Å². The third kappa shape index (κ3) is 3.46. The van der Waals surface area contributed by atoms with Crippen LogP contribution in [0.25, 0.3) is 0 Å². The van der Waals surface area contributed by atoms with Gasteiger partial charge >= 0.3 is 0 Å². The van der Waals surface area contributed by atoms with Crippen LogP contribution in [-0.2, 0) is 5.75 Å². The molecule has 0 unspecified atom stereocenters. The van der Waals surface area contributed by atoms with Crippen molar-refractivity contribution in [3.63, 3.8) is 0 Å². The van der Waals surface area contributed by atoms with Crippen LogP contribution in [0.2, 0.25) is 0 Å². The smallest absolute Gasteiger partial charge is 0.146 e. The fourth-order valence-corrected chi connectivity index (χ4v) is 3.02. The summed E-state index contributed by atoms with van der Waals surface area (Å²) in [4.78, 5) is 10.1. The molecule has 0 aliphatic heterocycles. The highest BCUT2D eigenvalue weighted by molar-refractivity contribution is 9.10. The van der Waals surface area contributed by atoms with Gasteiger partial charge in [-0.2, -0.15) is 0 Å². The molecule has 0 spiro atoms. The highest BCUT2D eigenvalue weighted by atomic mass is 79.9. The number of rotatable bonds is 4. The lowest BCUT2D eigenvalue weighted by Crippen LogP contribution is -2.13. The lowest BCUT2D eigenvalue weighted by molar-refractivity contribution is 0.968. The molecule has 0 atom stereocenters. The van der Waals surface area contributed by atoms with Crippen molar-refractivity contribution >= 4 is 33.5 Å². The summed E-state index contributed by atoms with van der Waals surface area (Å²) in [5, 5.41) is 0. The molecule has 2 aromatic rings. The van der Waals surface area contributed by atoms with Crippen LogP contribution in [0.4, 0.5) is 5.82 Å². The van der Waals surface area contributed by atoms with Crippen molar-refractivity contribution in [2.75, 3.05) is 5.43 Å². The number of hydrogen-bond acceptors (Lipinski definition) is 5. The van der Waals surface area contributed by atoms with E-state index in [-0.39, 0.29) is 0 Å². The van der Waals surface area contributed by atoms with Crippen molar-refractivity contribution in [2.45, 2.75) is 24.5 Å². The Morgan fingerprint density at radius 3 is 2.68 bits per heavy atom. The predicted molar refractivity (Wildman–Crippen MR) is 83.0 cm³/mol. The Kier molecular flexibility index (Phi) is 4.79. The highest BCUT2D eigenvalue weighted by Crippen LogP contribution is 2.29. The molecule has 0 aliphatic rings. The summed E-state index contributed by atoms with van der Waals surface area (Å²) in [6.07, 6.45) is 0. The van der Waals surface area contributed by atoms with E-state index in [1.807, 2.05) is 32.0 Å². The Bertz CT molecular complexity index is 589. The molecule has 100 valence electrons. The Labute approximate surface area is 125 Å². The standard InChI is InChI=1S/C13H15BrN4S/c1-8-9(2)16-12(17-13(8)18-15)7-19-11-6-4-3-5-10(11)14/h3-6H,7,15H2,1-2H3,(H,16,17,18). The van der Waals surface area contributed by atoms with Crippen LogP contribution in [0.5, 0.6) is 0 Å². The van der Waals surface area contributed by atoms with Gasteiger partial charge in [-0.1, -0.05) is 12.1 Å². The van der Waals surface area contributed by atoms with Crippen molar-refractivity contribution in [1.82, 2.24) is 9.97 Å². The fourth-order valence-electron chi connectivity index (χ4n) is 1.60. The average molecular weight is 339 g/mol. The van der Waals surface area contributed by atoms with Gasteiger partial charge in [0.2, 0.25) is 0 Å². The average Bonchev–Trinajstić information content (AvgIpc) is 2.41. The molecule has 1 aromatic heterocycles. The van der Waals surface area contributed by atoms with E-state index in [2.05, 4.69) is 37.4 Å². The zero-order valence-electron chi connectivity index (χ0n) is 10.8. The molecule has 0 radical (unpaired) electrons. The zero-order chi connectivity index (χ0) is 13.8. The minimum atomic E-state index is 0.690. The maximum atomic E-state index is 5.47. The fraction of sp³-hybridized carbons (Fsp3) is 0.231. The molecular weight excluding hydrogens is 324 g/mol. The van der Waals surface area contributed by atoms with Gasteiger partial charge in [-0.25, -0.2) is 15.8 Å². The molecule has 0 saturated carbocycles. The minimum Gasteiger partial charge on any atom is -0.308 e. The number of hydrogen-bond donors (Lipinski definition) is 2. The number of nitrogens with zero attached hydrogens (tertiary/aromatic N) is 2. The van der Waals surface area contributed by atoms with E-state index in [0.29, 0.717) is 11.6 Å². The van der Waals surface area contributed by atoms with Crippen molar-refractivity contribution in [1.29, 1.82) is 0 Å². The largest absolute Gasteiger partial charge is 0.308 e. The Balaban J connectivity index is 2.16. The molecule has 0 fully saturated rings. The molecule has 1 aromatic carbocycles. The van der Waals surface area contributed by atoms with Crippen molar-refractivity contribution in [3.05, 3.63) is 45.8 Å². The number of aromatic nitrogens is 2. The quantitative estimate of drug-likeness (QED) is 0.508. The molecule has 0 aliphatic carbocycles. The second kappa shape index (κ2) is 6.36. The van der Waals surface area contributed by atoms with Crippen LogP contribution in [0, 0.1) is 13.8 Å². The number of nitrogen functional groups attached to an aromatic ring is 1. The van der Waals surface area contributed by atoms with E-state index < -0.39 is 0 Å². The van der Waals surface area contributed by atoms with Crippen LogP contribution >= 0.6 is 27.7 Å². The minimum absolute atomic E-state index is 0.690. The van der Waals surface area contributed by atoms with Gasteiger partial charge in [-0.15, -0.1) is 11.8 Å². The highest BCUT2D eigenvalue weighted by Gasteiger charge is 2.08. The number of benzene rings is 1. The van der Waals surface area contributed by atoms with E-state index in [1.54, 1.807) is 11.8 Å². The van der Waals surface area contributed by atoms with Crippen molar-refractivity contribution < 1.29 is 0 Å². The van der Waals surface area contributed by atoms with Crippen molar-refractivity contribution in [3.8, 4) is 0 Å². The molecule has 19 heavy (non-hydrogen) atoms. The van der Waals surface area contributed by atoms with Gasteiger partial charge in [0.15, 0.2) is 0 Å². The number of nitrogens with two attached hydrogens (primary N) is 1. The van der Waals surface area contributed by atoms with Gasteiger partial charge in [0, 0.05) is 20.6 Å². The molecule has 0 saturated heterocycles. The van der Waals surface area contributed by atoms with E-state index in [9.17, 15) is 0 Å². The first-order chi connectivity index (χ1) is 9.11. The third-order valence-electron chi connectivity index (χ3n) is 2.77. The van der Waals surface area contributed by atoms with Crippen molar-refractivity contribution in [2.24, 2.45) is 5.84 Å². The first-order valence-electron chi connectivity index (χ1n) is 5.80. The number of hydrazine groups is 1. The maximum absolute atomic E-state index is 5.47. The van der Waals surface area contributed by atoms with Crippen LogP contribution < -0.4 is 11.3 Å². The number of halogens is 1. The SMILES string of the molecule is Cc1nc(CSc2ccccc2Br)nc(NN)c1C. The molecule has 3 N–H and O–H groups in total. The van der Waals surface area contributed by atoms with E-state index in [0.717, 1.165) is 21.6 Å². The molecular formula is C13H15BrN4S. The predicted octanol–water partition coefficient (Wildman–Crippen LogP) is 3.43. The van der Waals surface area contributed by atoms with Gasteiger partial charge in [-0.3, -0.25) is 0 Å². The van der Waals surface area contributed by atoms with Gasteiger partial charge < -0.3 is 5.43 Å². The van der Waals surface area contributed by atoms with Gasteiger partial charge in [0.25, 0.3) is 0 Å². The first kappa shape index (κ1) is 14.3.